The van der Waals surface area contributed by atoms with Crippen LogP contribution in [0.5, 0.6) is 0 Å². The Morgan fingerprint density at radius 1 is 1.16 bits per heavy atom. The van der Waals surface area contributed by atoms with Crippen molar-refractivity contribution < 1.29 is 24.3 Å². The summed E-state index contributed by atoms with van der Waals surface area (Å²) < 4.78 is 5.79. The lowest BCUT2D eigenvalue weighted by Gasteiger charge is -2.26. The normalized spacial score (nSPS) is 16.0. The van der Waals surface area contributed by atoms with Gasteiger partial charge in [0.25, 0.3) is 11.8 Å². The third kappa shape index (κ3) is 6.41. The first kappa shape index (κ1) is 22.5. The number of piperazine rings is 1. The molecule has 1 aromatic heterocycles. The largest absolute Gasteiger partial charge is 0.451 e. The molecule has 1 aliphatic rings. The predicted molar refractivity (Wildman–Crippen MR) is 112 cm³/mol. The first-order valence-electron chi connectivity index (χ1n) is 10.0. The SMILES string of the molecule is CC(O)C(NC(=O)c1ccc(C#Cc2ccc(CN3CCNCC3)o2)cc1)C(=O)NO. The molecule has 5 N–H and O–H groups in total. The van der Waals surface area contributed by atoms with Crippen LogP contribution in [0, 0.1) is 11.8 Å². The molecule has 9 nitrogen and oxygen atoms in total. The Kier molecular flexibility index (Phi) is 7.81. The van der Waals surface area contributed by atoms with Crippen LogP contribution in [-0.4, -0.2) is 65.4 Å². The van der Waals surface area contributed by atoms with Gasteiger partial charge >= 0.3 is 0 Å². The lowest BCUT2D eigenvalue weighted by molar-refractivity contribution is -0.133. The Morgan fingerprint density at radius 3 is 2.52 bits per heavy atom. The highest BCUT2D eigenvalue weighted by atomic mass is 16.5. The summed E-state index contributed by atoms with van der Waals surface area (Å²) in [5, 5.41) is 24.0. The van der Waals surface area contributed by atoms with Crippen molar-refractivity contribution in [3.05, 3.63) is 59.0 Å². The lowest BCUT2D eigenvalue weighted by atomic mass is 10.1. The van der Waals surface area contributed by atoms with E-state index >= 15 is 0 Å². The third-order valence-corrected chi connectivity index (χ3v) is 4.89. The second-order valence-electron chi connectivity index (χ2n) is 7.29. The van der Waals surface area contributed by atoms with Crippen LogP contribution in [0.2, 0.25) is 0 Å². The van der Waals surface area contributed by atoms with Crippen LogP contribution in [0.15, 0.2) is 40.8 Å². The Hall–Kier alpha value is -3.16. The second kappa shape index (κ2) is 10.7. The fourth-order valence-electron chi connectivity index (χ4n) is 3.16. The van der Waals surface area contributed by atoms with Crippen molar-refractivity contribution in [2.24, 2.45) is 0 Å². The summed E-state index contributed by atoms with van der Waals surface area (Å²) in [6, 6.07) is 8.98. The molecule has 2 aromatic rings. The highest BCUT2D eigenvalue weighted by Gasteiger charge is 2.25. The molecule has 1 aromatic carbocycles. The number of nitrogens with zero attached hydrogens (tertiary/aromatic N) is 1. The number of nitrogens with one attached hydrogen (secondary N) is 3. The molecule has 0 bridgehead atoms. The maximum absolute atomic E-state index is 12.3. The van der Waals surface area contributed by atoms with E-state index in [1.54, 1.807) is 24.3 Å². The maximum Gasteiger partial charge on any atom is 0.268 e. The molecule has 0 aliphatic carbocycles. The van der Waals surface area contributed by atoms with Gasteiger partial charge < -0.3 is 20.2 Å². The van der Waals surface area contributed by atoms with Crippen molar-refractivity contribution in [1.82, 2.24) is 21.0 Å². The van der Waals surface area contributed by atoms with E-state index < -0.39 is 24.0 Å². The molecule has 1 aliphatic heterocycles. The fraction of sp³-hybridized carbons (Fsp3) is 0.364. The van der Waals surface area contributed by atoms with Gasteiger partial charge in [-0.05, 0) is 49.2 Å². The smallest absolute Gasteiger partial charge is 0.268 e. The zero-order chi connectivity index (χ0) is 22.2. The van der Waals surface area contributed by atoms with E-state index in [1.807, 2.05) is 12.1 Å². The van der Waals surface area contributed by atoms with Crippen LogP contribution >= 0.6 is 0 Å². The Labute approximate surface area is 180 Å². The van der Waals surface area contributed by atoms with Crippen molar-refractivity contribution in [1.29, 1.82) is 0 Å². The molecular weight excluding hydrogens is 400 g/mol. The maximum atomic E-state index is 12.3. The fourth-order valence-corrected chi connectivity index (χ4v) is 3.16. The van der Waals surface area contributed by atoms with Gasteiger partial charge in [-0.1, -0.05) is 5.92 Å². The number of hydrogen-bond donors (Lipinski definition) is 5. The van der Waals surface area contributed by atoms with Crippen molar-refractivity contribution in [3.8, 4) is 11.8 Å². The Bertz CT molecular complexity index is 952. The van der Waals surface area contributed by atoms with Gasteiger partial charge in [-0.15, -0.1) is 0 Å². The van der Waals surface area contributed by atoms with Gasteiger partial charge in [0.1, 0.15) is 11.8 Å². The summed E-state index contributed by atoms with van der Waals surface area (Å²) in [6.07, 6.45) is -1.17. The number of aliphatic hydroxyl groups is 1. The zero-order valence-electron chi connectivity index (χ0n) is 17.2. The summed E-state index contributed by atoms with van der Waals surface area (Å²) in [7, 11) is 0. The Morgan fingerprint density at radius 2 is 1.87 bits per heavy atom. The third-order valence-electron chi connectivity index (χ3n) is 4.89. The van der Waals surface area contributed by atoms with E-state index in [0.29, 0.717) is 16.9 Å². The molecule has 164 valence electrons. The molecular formula is C22H26N4O5. The molecule has 0 saturated carbocycles. The number of carbonyl (C=O) groups is 2. The van der Waals surface area contributed by atoms with Crippen molar-refractivity contribution in [3.63, 3.8) is 0 Å². The van der Waals surface area contributed by atoms with Gasteiger partial charge in [-0.3, -0.25) is 19.7 Å². The van der Waals surface area contributed by atoms with E-state index in [0.717, 1.165) is 38.5 Å². The minimum atomic E-state index is -1.27. The highest BCUT2D eigenvalue weighted by Crippen LogP contribution is 2.11. The number of hydroxylamine groups is 1. The second-order valence-corrected chi connectivity index (χ2v) is 7.29. The molecule has 0 radical (unpaired) electrons. The van der Waals surface area contributed by atoms with Crippen molar-refractivity contribution in [2.75, 3.05) is 26.2 Å². The zero-order valence-corrected chi connectivity index (χ0v) is 17.2. The molecule has 2 atom stereocenters. The lowest BCUT2D eigenvalue weighted by Crippen LogP contribution is -2.51. The van der Waals surface area contributed by atoms with E-state index in [9.17, 15) is 14.7 Å². The van der Waals surface area contributed by atoms with Crippen molar-refractivity contribution in [2.45, 2.75) is 25.6 Å². The molecule has 1 saturated heterocycles. The van der Waals surface area contributed by atoms with Crippen LogP contribution in [-0.2, 0) is 11.3 Å². The topological polar surface area (TPSA) is 127 Å². The molecule has 31 heavy (non-hydrogen) atoms. The molecule has 3 rings (SSSR count). The van der Waals surface area contributed by atoms with Crippen LogP contribution in [0.1, 0.15) is 34.4 Å². The average Bonchev–Trinajstić information content (AvgIpc) is 3.23. The Balaban J connectivity index is 1.59. The number of rotatable bonds is 6. The first-order chi connectivity index (χ1) is 15.0. The molecule has 1 fully saturated rings. The van der Waals surface area contributed by atoms with Gasteiger partial charge in [0.15, 0.2) is 5.76 Å². The first-order valence-corrected chi connectivity index (χ1v) is 10.0. The summed E-state index contributed by atoms with van der Waals surface area (Å²) in [4.78, 5) is 26.2. The van der Waals surface area contributed by atoms with Crippen LogP contribution in [0.4, 0.5) is 0 Å². The highest BCUT2D eigenvalue weighted by molar-refractivity contribution is 5.97. The predicted octanol–water partition coefficient (Wildman–Crippen LogP) is 0.0692. The van der Waals surface area contributed by atoms with Gasteiger partial charge in [-0.25, -0.2) is 5.48 Å². The van der Waals surface area contributed by atoms with E-state index in [1.165, 1.54) is 12.4 Å². The summed E-state index contributed by atoms with van der Waals surface area (Å²) >= 11 is 0. The quantitative estimate of drug-likeness (QED) is 0.251. The summed E-state index contributed by atoms with van der Waals surface area (Å²) in [5.74, 6) is 5.95. The molecule has 0 spiro atoms. The van der Waals surface area contributed by atoms with E-state index in [-0.39, 0.29) is 0 Å². The minimum absolute atomic E-state index is 0.290. The van der Waals surface area contributed by atoms with Crippen LogP contribution in [0.25, 0.3) is 0 Å². The van der Waals surface area contributed by atoms with Gasteiger partial charge in [0.2, 0.25) is 0 Å². The van der Waals surface area contributed by atoms with Crippen molar-refractivity contribution >= 4 is 11.8 Å². The van der Waals surface area contributed by atoms with E-state index in [4.69, 9.17) is 9.62 Å². The number of amides is 2. The van der Waals surface area contributed by atoms with Gasteiger partial charge in [0.05, 0.1) is 12.6 Å². The monoisotopic (exact) mass is 426 g/mol. The number of hydrogen-bond acceptors (Lipinski definition) is 7. The van der Waals surface area contributed by atoms with E-state index in [2.05, 4.69) is 27.4 Å². The standard InChI is InChI=1S/C22H26N4O5/c1-15(27)20(22(29)25-30)24-21(28)17-5-2-16(3-6-17)4-7-18-8-9-19(31-18)14-26-12-10-23-11-13-26/h2-3,5-6,8-9,15,20,23,27,30H,10-14H2,1H3,(H,24,28)(H,25,29). The molecule has 2 unspecified atom stereocenters. The van der Waals surface area contributed by atoms with Crippen LogP contribution < -0.4 is 16.1 Å². The number of carbonyl (C=O) groups excluding carboxylic acids is 2. The summed E-state index contributed by atoms with van der Waals surface area (Å²) in [5.41, 5.74) is 2.40. The van der Waals surface area contributed by atoms with Gasteiger partial charge in [-0.2, -0.15) is 0 Å². The molecule has 2 amide bonds. The number of aliphatic hydroxyl groups excluding tert-OH is 1. The summed E-state index contributed by atoms with van der Waals surface area (Å²) in [6.45, 7) is 6.04. The number of benzene rings is 1. The minimum Gasteiger partial charge on any atom is -0.451 e. The molecule has 2 heterocycles. The molecule has 9 heteroatoms. The number of furan rings is 1. The van der Waals surface area contributed by atoms with Gasteiger partial charge in [0, 0.05) is 37.3 Å². The average molecular weight is 426 g/mol. The van der Waals surface area contributed by atoms with Crippen LogP contribution in [0.3, 0.4) is 0 Å².